The summed E-state index contributed by atoms with van der Waals surface area (Å²) in [6.45, 7) is 0.613. The van der Waals surface area contributed by atoms with Crippen LogP contribution in [0.4, 0.5) is 0 Å². The average molecular weight is 209 g/mol. The number of alkyl halides is 1. The standard InChI is InChI=1S/C10H9ClN2O/c11-5-6-13-9-4-2-1-3-8(9)10(14)7-12-13/h1-4,7H,5-6H2. The maximum Gasteiger partial charge on any atom is 0.207 e. The number of aromatic nitrogens is 2. The lowest BCUT2D eigenvalue weighted by atomic mass is 10.2. The monoisotopic (exact) mass is 208 g/mol. The van der Waals surface area contributed by atoms with Crippen LogP contribution in [0.2, 0.25) is 0 Å². The Balaban J connectivity index is 2.75. The Morgan fingerprint density at radius 1 is 1.36 bits per heavy atom. The van der Waals surface area contributed by atoms with Gasteiger partial charge < -0.3 is 0 Å². The third kappa shape index (κ3) is 1.51. The molecule has 0 aliphatic carbocycles. The third-order valence-electron chi connectivity index (χ3n) is 2.06. The van der Waals surface area contributed by atoms with Gasteiger partial charge in [-0.25, -0.2) is 0 Å². The number of fused-ring (bicyclic) bond motifs is 1. The number of rotatable bonds is 2. The number of aryl methyl sites for hydroxylation is 1. The molecule has 0 fully saturated rings. The summed E-state index contributed by atoms with van der Waals surface area (Å²) in [6, 6.07) is 7.39. The molecule has 1 heterocycles. The molecule has 0 saturated carbocycles. The molecule has 14 heavy (non-hydrogen) atoms. The lowest BCUT2D eigenvalue weighted by Gasteiger charge is -2.06. The first-order valence-electron chi connectivity index (χ1n) is 4.34. The van der Waals surface area contributed by atoms with E-state index in [0.717, 1.165) is 5.52 Å². The van der Waals surface area contributed by atoms with Gasteiger partial charge in [0.05, 0.1) is 18.3 Å². The van der Waals surface area contributed by atoms with Crippen molar-refractivity contribution in [3.05, 3.63) is 40.7 Å². The van der Waals surface area contributed by atoms with Crippen molar-refractivity contribution in [2.75, 3.05) is 5.88 Å². The Bertz CT molecular complexity index is 507. The van der Waals surface area contributed by atoms with Crippen molar-refractivity contribution < 1.29 is 0 Å². The minimum atomic E-state index is -0.0496. The molecule has 0 aliphatic rings. The molecule has 0 spiro atoms. The number of benzene rings is 1. The van der Waals surface area contributed by atoms with Crippen molar-refractivity contribution in [3.63, 3.8) is 0 Å². The molecule has 0 bridgehead atoms. The molecule has 4 heteroatoms. The normalized spacial score (nSPS) is 10.6. The van der Waals surface area contributed by atoms with Crippen molar-refractivity contribution >= 4 is 22.5 Å². The van der Waals surface area contributed by atoms with Crippen LogP contribution >= 0.6 is 11.6 Å². The summed E-state index contributed by atoms with van der Waals surface area (Å²) in [5.41, 5.74) is 0.784. The highest BCUT2D eigenvalue weighted by Gasteiger charge is 2.01. The highest BCUT2D eigenvalue weighted by molar-refractivity contribution is 6.17. The van der Waals surface area contributed by atoms with Gasteiger partial charge in [0.15, 0.2) is 0 Å². The van der Waals surface area contributed by atoms with Crippen LogP contribution in [0.15, 0.2) is 35.3 Å². The van der Waals surface area contributed by atoms with Crippen molar-refractivity contribution in [2.45, 2.75) is 6.54 Å². The van der Waals surface area contributed by atoms with Gasteiger partial charge in [-0.15, -0.1) is 11.6 Å². The molecule has 0 N–H and O–H groups in total. The minimum absolute atomic E-state index is 0.0496. The quantitative estimate of drug-likeness (QED) is 0.704. The van der Waals surface area contributed by atoms with Gasteiger partial charge in [0.1, 0.15) is 0 Å². The van der Waals surface area contributed by atoms with Gasteiger partial charge in [-0.2, -0.15) is 5.10 Å². The molecular weight excluding hydrogens is 200 g/mol. The van der Waals surface area contributed by atoms with Gasteiger partial charge in [0.2, 0.25) is 5.43 Å². The fourth-order valence-electron chi connectivity index (χ4n) is 1.42. The van der Waals surface area contributed by atoms with Crippen LogP contribution in [0, 0.1) is 0 Å². The molecule has 2 aromatic rings. The third-order valence-corrected chi connectivity index (χ3v) is 2.23. The fraction of sp³-hybridized carbons (Fsp3) is 0.200. The van der Waals surface area contributed by atoms with E-state index >= 15 is 0 Å². The van der Waals surface area contributed by atoms with Crippen molar-refractivity contribution in [1.82, 2.24) is 9.78 Å². The molecule has 2 rings (SSSR count). The summed E-state index contributed by atoms with van der Waals surface area (Å²) >= 11 is 5.64. The second kappa shape index (κ2) is 3.80. The highest BCUT2D eigenvalue weighted by Crippen LogP contribution is 2.07. The predicted octanol–water partition coefficient (Wildman–Crippen LogP) is 1.64. The molecule has 0 unspecified atom stereocenters. The second-order valence-corrected chi connectivity index (χ2v) is 3.32. The zero-order valence-electron chi connectivity index (χ0n) is 7.48. The van der Waals surface area contributed by atoms with Crippen LogP contribution < -0.4 is 5.43 Å². The van der Waals surface area contributed by atoms with Crippen LogP contribution in [-0.4, -0.2) is 15.7 Å². The van der Waals surface area contributed by atoms with Crippen molar-refractivity contribution in [2.24, 2.45) is 0 Å². The molecule has 0 atom stereocenters. The molecule has 0 saturated heterocycles. The van der Waals surface area contributed by atoms with E-state index in [1.165, 1.54) is 6.20 Å². The predicted molar refractivity (Wildman–Crippen MR) is 56.7 cm³/mol. The molecule has 3 nitrogen and oxygen atoms in total. The average Bonchev–Trinajstić information content (AvgIpc) is 2.23. The van der Waals surface area contributed by atoms with Gasteiger partial charge in [-0.05, 0) is 12.1 Å². The molecule has 1 aromatic heterocycles. The van der Waals surface area contributed by atoms with E-state index in [-0.39, 0.29) is 5.43 Å². The van der Waals surface area contributed by atoms with Crippen LogP contribution in [0.1, 0.15) is 0 Å². The Labute approximate surface area is 85.9 Å². The van der Waals surface area contributed by atoms with E-state index < -0.39 is 0 Å². The van der Waals surface area contributed by atoms with Crippen LogP contribution in [0.25, 0.3) is 10.9 Å². The van der Waals surface area contributed by atoms with Crippen LogP contribution in [0.3, 0.4) is 0 Å². The van der Waals surface area contributed by atoms with Gasteiger partial charge in [0, 0.05) is 11.3 Å². The fourth-order valence-corrected chi connectivity index (χ4v) is 1.58. The first-order valence-corrected chi connectivity index (χ1v) is 4.87. The summed E-state index contributed by atoms with van der Waals surface area (Å²) in [5.74, 6) is 0.486. The lowest BCUT2D eigenvalue weighted by molar-refractivity contribution is 0.672. The number of nitrogens with zero attached hydrogens (tertiary/aromatic N) is 2. The first kappa shape index (κ1) is 9.21. The van der Waals surface area contributed by atoms with E-state index in [9.17, 15) is 4.79 Å². The Hall–Kier alpha value is -1.35. The highest BCUT2D eigenvalue weighted by atomic mass is 35.5. The van der Waals surface area contributed by atoms with Crippen molar-refractivity contribution in [3.8, 4) is 0 Å². The van der Waals surface area contributed by atoms with E-state index in [0.29, 0.717) is 17.8 Å². The Morgan fingerprint density at radius 2 is 2.14 bits per heavy atom. The van der Waals surface area contributed by atoms with Crippen LogP contribution in [0.5, 0.6) is 0 Å². The molecular formula is C10H9ClN2O. The van der Waals surface area contributed by atoms with Crippen LogP contribution in [-0.2, 0) is 6.54 Å². The smallest absolute Gasteiger partial charge is 0.207 e. The number of hydrogen-bond donors (Lipinski definition) is 0. The zero-order valence-corrected chi connectivity index (χ0v) is 8.24. The maximum atomic E-state index is 11.4. The number of halogens is 1. The molecule has 1 aromatic carbocycles. The Kier molecular flexibility index (Phi) is 2.50. The van der Waals surface area contributed by atoms with E-state index in [2.05, 4.69) is 5.10 Å². The van der Waals surface area contributed by atoms with E-state index in [1.807, 2.05) is 18.2 Å². The summed E-state index contributed by atoms with van der Waals surface area (Å²) in [6.07, 6.45) is 1.33. The largest absolute Gasteiger partial charge is 0.287 e. The number of hydrogen-bond acceptors (Lipinski definition) is 2. The molecule has 72 valence electrons. The minimum Gasteiger partial charge on any atom is -0.287 e. The zero-order chi connectivity index (χ0) is 9.97. The summed E-state index contributed by atoms with van der Waals surface area (Å²) in [4.78, 5) is 11.4. The lowest BCUT2D eigenvalue weighted by Crippen LogP contribution is -2.12. The SMILES string of the molecule is O=c1cnn(CCCl)c2ccccc12. The Morgan fingerprint density at radius 3 is 2.93 bits per heavy atom. The van der Waals surface area contributed by atoms with Crippen molar-refractivity contribution in [1.29, 1.82) is 0 Å². The maximum absolute atomic E-state index is 11.4. The molecule has 0 aliphatic heterocycles. The molecule has 0 amide bonds. The summed E-state index contributed by atoms with van der Waals surface area (Å²) in [7, 11) is 0. The van der Waals surface area contributed by atoms with Gasteiger partial charge in [-0.3, -0.25) is 9.48 Å². The summed E-state index contributed by atoms with van der Waals surface area (Å²) in [5, 5.41) is 4.70. The summed E-state index contributed by atoms with van der Waals surface area (Å²) < 4.78 is 1.74. The van der Waals surface area contributed by atoms with Gasteiger partial charge >= 0.3 is 0 Å². The van der Waals surface area contributed by atoms with Gasteiger partial charge in [0.25, 0.3) is 0 Å². The topological polar surface area (TPSA) is 34.9 Å². The second-order valence-electron chi connectivity index (χ2n) is 2.94. The number of para-hydroxylation sites is 1. The van der Waals surface area contributed by atoms with E-state index in [1.54, 1.807) is 10.7 Å². The molecule has 0 radical (unpaired) electrons. The van der Waals surface area contributed by atoms with E-state index in [4.69, 9.17) is 11.6 Å². The first-order chi connectivity index (χ1) is 6.83. The van der Waals surface area contributed by atoms with Gasteiger partial charge in [-0.1, -0.05) is 12.1 Å².